The van der Waals surface area contributed by atoms with E-state index in [4.69, 9.17) is 16.3 Å². The Balaban J connectivity index is 1.57. The first kappa shape index (κ1) is 15.2. The summed E-state index contributed by atoms with van der Waals surface area (Å²) >= 11 is 9.55. The molecule has 1 aliphatic rings. The van der Waals surface area contributed by atoms with Gasteiger partial charge in [-0.3, -0.25) is 0 Å². The van der Waals surface area contributed by atoms with Gasteiger partial charge in [0.15, 0.2) is 0 Å². The smallest absolute Gasteiger partial charge is 0.0980 e. The minimum Gasteiger partial charge on any atom is -0.366 e. The Kier molecular flexibility index (Phi) is 4.39. The lowest BCUT2D eigenvalue weighted by atomic mass is 10.1. The van der Waals surface area contributed by atoms with Crippen molar-refractivity contribution < 1.29 is 4.74 Å². The fourth-order valence-corrected chi connectivity index (χ4v) is 4.90. The van der Waals surface area contributed by atoms with Gasteiger partial charge in [-0.25, -0.2) is 9.97 Å². The summed E-state index contributed by atoms with van der Waals surface area (Å²) < 4.78 is 8.31. The van der Waals surface area contributed by atoms with E-state index < -0.39 is 0 Å². The third kappa shape index (κ3) is 3.30. The number of ether oxygens (including phenoxy) is 1. The van der Waals surface area contributed by atoms with Gasteiger partial charge in [0.2, 0.25) is 0 Å². The maximum Gasteiger partial charge on any atom is 0.0980 e. The first-order chi connectivity index (χ1) is 11.3. The molecule has 0 saturated heterocycles. The summed E-state index contributed by atoms with van der Waals surface area (Å²) in [4.78, 5) is 9.62. The van der Waals surface area contributed by atoms with Gasteiger partial charge in [0.05, 0.1) is 35.5 Å². The molecule has 0 bridgehead atoms. The van der Waals surface area contributed by atoms with Crippen LogP contribution in [-0.2, 0) is 17.9 Å². The number of hydrogen-bond acceptors (Lipinski definition) is 5. The van der Waals surface area contributed by atoms with Crippen molar-refractivity contribution in [1.82, 2.24) is 14.5 Å². The molecular formula is C16H14ClN3OS2. The number of fused-ring (bicyclic) bond motifs is 1. The highest BCUT2D eigenvalue weighted by atomic mass is 35.5. The van der Waals surface area contributed by atoms with Gasteiger partial charge in [-0.15, -0.1) is 23.1 Å². The number of imidazole rings is 1. The van der Waals surface area contributed by atoms with E-state index in [2.05, 4.69) is 20.6 Å². The van der Waals surface area contributed by atoms with Crippen molar-refractivity contribution >= 4 is 34.7 Å². The lowest BCUT2D eigenvalue weighted by Crippen LogP contribution is -2.19. The summed E-state index contributed by atoms with van der Waals surface area (Å²) in [7, 11) is 0. The fraction of sp³-hybridized carbons (Fsp3) is 0.250. The van der Waals surface area contributed by atoms with E-state index in [9.17, 15) is 0 Å². The molecule has 7 heteroatoms. The van der Waals surface area contributed by atoms with Crippen LogP contribution in [0.1, 0.15) is 17.4 Å². The lowest BCUT2D eigenvalue weighted by Gasteiger charge is -2.20. The summed E-state index contributed by atoms with van der Waals surface area (Å²) in [6, 6.07) is 6.03. The van der Waals surface area contributed by atoms with Crippen LogP contribution in [0.4, 0.5) is 0 Å². The largest absolute Gasteiger partial charge is 0.366 e. The third-order valence-electron chi connectivity index (χ3n) is 3.74. The van der Waals surface area contributed by atoms with E-state index >= 15 is 0 Å². The fourth-order valence-electron chi connectivity index (χ4n) is 2.69. The Morgan fingerprint density at radius 3 is 3.09 bits per heavy atom. The van der Waals surface area contributed by atoms with Crippen molar-refractivity contribution in [2.24, 2.45) is 0 Å². The molecule has 2 unspecified atom stereocenters. The van der Waals surface area contributed by atoms with Crippen molar-refractivity contribution in [3.05, 3.63) is 64.1 Å². The number of hydrogen-bond donors (Lipinski definition) is 0. The van der Waals surface area contributed by atoms with Crippen LogP contribution in [0.5, 0.6) is 0 Å². The van der Waals surface area contributed by atoms with Crippen LogP contribution in [-0.4, -0.2) is 19.8 Å². The van der Waals surface area contributed by atoms with Crippen LogP contribution in [0.3, 0.4) is 0 Å². The Hall–Kier alpha value is -1.34. The molecule has 3 heterocycles. The summed E-state index contributed by atoms with van der Waals surface area (Å²) in [6.45, 7) is 1.37. The molecule has 4 nitrogen and oxygen atoms in total. The molecule has 3 aromatic rings. The molecule has 0 radical (unpaired) electrons. The number of aromatic nitrogens is 3. The highest BCUT2D eigenvalue weighted by Gasteiger charge is 2.34. The summed E-state index contributed by atoms with van der Waals surface area (Å²) in [5, 5.41) is 3.07. The van der Waals surface area contributed by atoms with Gasteiger partial charge in [0, 0.05) is 34.2 Å². The number of halogens is 1. The monoisotopic (exact) mass is 363 g/mol. The van der Waals surface area contributed by atoms with Crippen molar-refractivity contribution in [3.8, 4) is 0 Å². The zero-order valence-corrected chi connectivity index (χ0v) is 14.5. The number of thiazole rings is 1. The zero-order chi connectivity index (χ0) is 15.6. The van der Waals surface area contributed by atoms with Crippen LogP contribution in [0, 0.1) is 0 Å². The van der Waals surface area contributed by atoms with Crippen LogP contribution >= 0.6 is 34.7 Å². The van der Waals surface area contributed by atoms with Gasteiger partial charge in [-0.1, -0.05) is 17.7 Å². The molecular weight excluding hydrogens is 350 g/mol. The third-order valence-corrected chi connectivity index (χ3v) is 5.92. The van der Waals surface area contributed by atoms with Gasteiger partial charge in [0.1, 0.15) is 0 Å². The predicted octanol–water partition coefficient (Wildman–Crippen LogP) is 4.43. The van der Waals surface area contributed by atoms with Crippen molar-refractivity contribution in [2.45, 2.75) is 29.4 Å². The first-order valence-electron chi connectivity index (χ1n) is 7.20. The van der Waals surface area contributed by atoms with Gasteiger partial charge in [0.25, 0.3) is 0 Å². The molecule has 0 aliphatic carbocycles. The summed E-state index contributed by atoms with van der Waals surface area (Å²) in [5.74, 6) is 0. The number of benzene rings is 1. The maximum atomic E-state index is 6.22. The summed E-state index contributed by atoms with van der Waals surface area (Å²) in [6.07, 6.45) is 5.65. The maximum absolute atomic E-state index is 6.22. The van der Waals surface area contributed by atoms with Crippen LogP contribution in [0.25, 0.3) is 0 Å². The normalized spacial score (nSPS) is 19.9. The zero-order valence-electron chi connectivity index (χ0n) is 12.1. The molecule has 0 saturated carbocycles. The second-order valence-corrected chi connectivity index (χ2v) is 7.75. The molecule has 1 aliphatic heterocycles. The Morgan fingerprint density at radius 2 is 2.30 bits per heavy atom. The molecule has 2 aromatic heterocycles. The average molecular weight is 364 g/mol. The van der Waals surface area contributed by atoms with Crippen LogP contribution in [0.15, 0.2) is 52.7 Å². The SMILES string of the molecule is Clc1ccc2c(c1)SC(Cn1ccnc1)C2OCc1cscn1. The van der Waals surface area contributed by atoms with E-state index in [1.165, 1.54) is 10.5 Å². The number of nitrogens with zero attached hydrogens (tertiary/aromatic N) is 3. The van der Waals surface area contributed by atoms with E-state index in [1.807, 2.05) is 47.3 Å². The quantitative estimate of drug-likeness (QED) is 0.672. The standard InChI is InChI=1S/C16H14ClN3OS2/c17-11-1-2-13-14(5-11)23-15(6-20-4-3-18-9-20)16(13)21-7-12-8-22-10-19-12/h1-5,8-10,15-16H,6-7H2. The number of rotatable bonds is 5. The lowest BCUT2D eigenvalue weighted by molar-refractivity contribution is 0.0351. The van der Waals surface area contributed by atoms with Crippen molar-refractivity contribution in [2.75, 3.05) is 0 Å². The van der Waals surface area contributed by atoms with Crippen LogP contribution in [0.2, 0.25) is 5.02 Å². The van der Waals surface area contributed by atoms with Gasteiger partial charge in [-0.2, -0.15) is 0 Å². The predicted molar refractivity (Wildman–Crippen MR) is 93.0 cm³/mol. The minimum atomic E-state index is 0.0244. The molecule has 0 spiro atoms. The first-order valence-corrected chi connectivity index (χ1v) is 9.40. The molecule has 2 atom stereocenters. The minimum absolute atomic E-state index is 0.0244. The van der Waals surface area contributed by atoms with Gasteiger partial charge >= 0.3 is 0 Å². The van der Waals surface area contributed by atoms with E-state index in [1.54, 1.807) is 17.5 Å². The van der Waals surface area contributed by atoms with E-state index in [-0.39, 0.29) is 11.4 Å². The van der Waals surface area contributed by atoms with Crippen molar-refractivity contribution in [1.29, 1.82) is 0 Å². The Labute approximate surface area is 147 Å². The number of thioether (sulfide) groups is 1. The van der Waals surface area contributed by atoms with Gasteiger partial charge < -0.3 is 9.30 Å². The highest BCUT2D eigenvalue weighted by molar-refractivity contribution is 8.00. The topological polar surface area (TPSA) is 39.9 Å². The molecule has 0 fully saturated rings. The second-order valence-electron chi connectivity index (χ2n) is 5.31. The molecule has 1 aromatic carbocycles. The molecule has 118 valence electrons. The summed E-state index contributed by atoms with van der Waals surface area (Å²) in [5.41, 5.74) is 4.02. The highest BCUT2D eigenvalue weighted by Crippen LogP contribution is 2.47. The molecule has 0 amide bonds. The average Bonchev–Trinajstić information content (AvgIpc) is 3.26. The Bertz CT molecular complexity index is 777. The van der Waals surface area contributed by atoms with Crippen molar-refractivity contribution in [3.63, 3.8) is 0 Å². The second kappa shape index (κ2) is 6.65. The Morgan fingerprint density at radius 1 is 1.35 bits per heavy atom. The van der Waals surface area contributed by atoms with E-state index in [0.717, 1.165) is 17.3 Å². The molecule has 23 heavy (non-hydrogen) atoms. The van der Waals surface area contributed by atoms with E-state index in [0.29, 0.717) is 6.61 Å². The molecule has 0 N–H and O–H groups in total. The van der Waals surface area contributed by atoms with Gasteiger partial charge in [-0.05, 0) is 17.7 Å². The van der Waals surface area contributed by atoms with Crippen LogP contribution < -0.4 is 0 Å². The molecule has 4 rings (SSSR count).